The van der Waals surface area contributed by atoms with E-state index in [0.717, 1.165) is 44.2 Å². The van der Waals surface area contributed by atoms with Gasteiger partial charge in [0.25, 0.3) is 0 Å². The summed E-state index contributed by atoms with van der Waals surface area (Å²) in [6.45, 7) is 7.98. The summed E-state index contributed by atoms with van der Waals surface area (Å²) in [5.41, 5.74) is 0.905. The molecule has 1 heterocycles. The normalized spacial score (nSPS) is 25.1. The first kappa shape index (κ1) is 31.5. The van der Waals surface area contributed by atoms with E-state index < -0.39 is 37.3 Å². The highest BCUT2D eigenvalue weighted by atomic mass is 16.7. The molecule has 0 saturated carbocycles. The lowest BCUT2D eigenvalue weighted by molar-refractivity contribution is -0.301. The van der Waals surface area contributed by atoms with E-state index in [1.807, 2.05) is 0 Å². The van der Waals surface area contributed by atoms with Gasteiger partial charge in [0, 0.05) is 25.3 Å². The molecule has 4 unspecified atom stereocenters. The van der Waals surface area contributed by atoms with Crippen LogP contribution in [0.1, 0.15) is 78.1 Å². The number of carbonyl (C=O) groups is 2. The third-order valence-corrected chi connectivity index (χ3v) is 6.12. The van der Waals surface area contributed by atoms with Gasteiger partial charge in [0.1, 0.15) is 24.4 Å². The topological polar surface area (TPSA) is 158 Å². The van der Waals surface area contributed by atoms with Crippen LogP contribution in [0.5, 0.6) is 0 Å². The third kappa shape index (κ3) is 12.3. The maximum atomic E-state index is 12.0. The van der Waals surface area contributed by atoms with Crippen LogP contribution >= 0.6 is 0 Å². The summed E-state index contributed by atoms with van der Waals surface area (Å²) in [6, 6.07) is -0.233. The lowest BCUT2D eigenvalue weighted by Crippen LogP contribution is -2.59. The van der Waals surface area contributed by atoms with Gasteiger partial charge in [0.05, 0.1) is 12.6 Å². The van der Waals surface area contributed by atoms with Crippen LogP contribution in [-0.2, 0) is 19.1 Å². The molecule has 35 heavy (non-hydrogen) atoms. The monoisotopic (exact) mass is 502 g/mol. The summed E-state index contributed by atoms with van der Waals surface area (Å²) in [5.74, 6) is 0.0278. The molecule has 204 valence electrons. The Labute approximate surface area is 209 Å². The molecule has 6 atom stereocenters. The fraction of sp³-hybridized carbons (Fsp3) is 0.840. The summed E-state index contributed by atoms with van der Waals surface area (Å²) in [4.78, 5) is 23.9. The van der Waals surface area contributed by atoms with Crippen molar-refractivity contribution in [2.45, 2.75) is 115 Å². The van der Waals surface area contributed by atoms with Gasteiger partial charge < -0.3 is 40.5 Å². The zero-order valence-electron chi connectivity index (χ0n) is 21.3. The molecule has 0 radical (unpaired) electrons. The van der Waals surface area contributed by atoms with Gasteiger partial charge in [-0.3, -0.25) is 9.59 Å². The number of ketones is 1. The molecule has 6 N–H and O–H groups in total. The molecule has 0 spiro atoms. The van der Waals surface area contributed by atoms with Crippen LogP contribution in [0.15, 0.2) is 12.3 Å². The molecule has 1 aliphatic rings. The minimum absolute atomic E-state index is 0.0663. The molecule has 1 saturated heterocycles. The summed E-state index contributed by atoms with van der Waals surface area (Å²) in [6.07, 6.45) is 1.50. The van der Waals surface area contributed by atoms with E-state index in [2.05, 4.69) is 24.1 Å². The highest BCUT2D eigenvalue weighted by molar-refractivity contribution is 5.81. The number of Topliss-reactive ketones (excluding diaryl/α,β-unsaturated/α-hetero) is 1. The second-order valence-corrected chi connectivity index (χ2v) is 9.24. The Morgan fingerprint density at radius 3 is 2.37 bits per heavy atom. The van der Waals surface area contributed by atoms with Crippen molar-refractivity contribution >= 4 is 11.7 Å². The first-order valence-corrected chi connectivity index (χ1v) is 12.8. The van der Waals surface area contributed by atoms with E-state index in [4.69, 9.17) is 9.47 Å². The maximum absolute atomic E-state index is 12.0. The summed E-state index contributed by atoms with van der Waals surface area (Å²) >= 11 is 0. The number of nitrogens with one attached hydrogen (secondary N) is 2. The van der Waals surface area contributed by atoms with Crippen molar-refractivity contribution in [3.05, 3.63) is 12.3 Å². The fourth-order valence-corrected chi connectivity index (χ4v) is 3.87. The summed E-state index contributed by atoms with van der Waals surface area (Å²) < 4.78 is 10.7. The van der Waals surface area contributed by atoms with Gasteiger partial charge in [-0.25, -0.2) is 0 Å². The lowest BCUT2D eigenvalue weighted by atomic mass is 9.99. The van der Waals surface area contributed by atoms with Crippen molar-refractivity contribution in [1.82, 2.24) is 10.6 Å². The average Bonchev–Trinajstić information content (AvgIpc) is 2.82. The van der Waals surface area contributed by atoms with E-state index in [1.54, 1.807) is 6.92 Å². The minimum Gasteiger partial charge on any atom is -0.394 e. The average molecular weight is 503 g/mol. The number of allylic oxidation sites excluding steroid dienone is 1. The number of hydrogen-bond donors (Lipinski definition) is 6. The standard InChI is InChI=1S/C25H46N2O8/c1-4-5-6-11-17(2)27-19(18(3)29)12-7-9-14-26-21(30)13-8-10-15-34-25-24(33)23(32)22(31)20(16-28)35-25/h19-20,22-25,27-28,31-33H,2,4-16H2,1,3H3,(H,26,30)/t19-,20?,22?,23+,24?,25?/m1/s1. The SMILES string of the molecule is C=C(CCCCC)N[C@H](CCCCNC(=O)CCCCOC1OC(CO)C(O)[C@H](O)C1O)C(C)=O. The van der Waals surface area contributed by atoms with E-state index in [0.29, 0.717) is 32.2 Å². The second-order valence-electron chi connectivity index (χ2n) is 9.24. The number of rotatable bonds is 19. The predicted molar refractivity (Wildman–Crippen MR) is 131 cm³/mol. The molecular formula is C25H46N2O8. The predicted octanol–water partition coefficient (Wildman–Crippen LogP) is 0.901. The fourth-order valence-electron chi connectivity index (χ4n) is 3.87. The number of aliphatic hydroxyl groups excluding tert-OH is 4. The number of ether oxygens (including phenoxy) is 2. The number of carbonyl (C=O) groups excluding carboxylic acids is 2. The Morgan fingerprint density at radius 2 is 1.71 bits per heavy atom. The highest BCUT2D eigenvalue weighted by Gasteiger charge is 2.43. The third-order valence-electron chi connectivity index (χ3n) is 6.12. The van der Waals surface area contributed by atoms with E-state index >= 15 is 0 Å². The smallest absolute Gasteiger partial charge is 0.219 e. The molecule has 0 aromatic carbocycles. The Kier molecular flexibility index (Phi) is 16.0. The van der Waals surface area contributed by atoms with Crippen LogP contribution in [0.25, 0.3) is 0 Å². The number of unbranched alkanes of at least 4 members (excludes halogenated alkanes) is 4. The maximum Gasteiger partial charge on any atom is 0.219 e. The van der Waals surface area contributed by atoms with Crippen LogP contribution in [0.3, 0.4) is 0 Å². The molecule has 1 aliphatic heterocycles. The van der Waals surface area contributed by atoms with Crippen LogP contribution in [0.2, 0.25) is 0 Å². The highest BCUT2D eigenvalue weighted by Crippen LogP contribution is 2.22. The number of aliphatic hydroxyl groups is 4. The zero-order chi connectivity index (χ0) is 26.2. The van der Waals surface area contributed by atoms with Gasteiger partial charge in [-0.2, -0.15) is 0 Å². The zero-order valence-corrected chi connectivity index (χ0v) is 21.3. The van der Waals surface area contributed by atoms with Crippen molar-refractivity contribution < 1.29 is 39.5 Å². The van der Waals surface area contributed by atoms with Gasteiger partial charge in [-0.15, -0.1) is 0 Å². The second kappa shape index (κ2) is 17.8. The lowest BCUT2D eigenvalue weighted by Gasteiger charge is -2.39. The van der Waals surface area contributed by atoms with Gasteiger partial charge >= 0.3 is 0 Å². The van der Waals surface area contributed by atoms with Crippen molar-refractivity contribution in [3.8, 4) is 0 Å². The molecule has 10 nitrogen and oxygen atoms in total. The summed E-state index contributed by atoms with van der Waals surface area (Å²) in [5, 5.41) is 44.7. The molecule has 10 heteroatoms. The van der Waals surface area contributed by atoms with Crippen molar-refractivity contribution in [1.29, 1.82) is 0 Å². The van der Waals surface area contributed by atoms with Crippen molar-refractivity contribution in [3.63, 3.8) is 0 Å². The van der Waals surface area contributed by atoms with Crippen molar-refractivity contribution in [2.24, 2.45) is 0 Å². The molecule has 1 amide bonds. The van der Waals surface area contributed by atoms with E-state index in [1.165, 1.54) is 0 Å². The Hall–Kier alpha value is -1.56. The Bertz CT molecular complexity index is 631. The van der Waals surface area contributed by atoms with Gasteiger partial charge in [-0.05, 0) is 51.9 Å². The van der Waals surface area contributed by atoms with Crippen LogP contribution in [-0.4, -0.2) is 88.6 Å². The molecule has 0 aromatic heterocycles. The molecule has 0 bridgehead atoms. The molecule has 0 aromatic rings. The molecule has 0 aliphatic carbocycles. The van der Waals surface area contributed by atoms with Gasteiger partial charge in [-0.1, -0.05) is 26.3 Å². The van der Waals surface area contributed by atoms with Crippen molar-refractivity contribution in [2.75, 3.05) is 19.8 Å². The van der Waals surface area contributed by atoms with Crippen LogP contribution in [0, 0.1) is 0 Å². The quantitative estimate of drug-likeness (QED) is 0.141. The minimum atomic E-state index is -1.47. The Morgan fingerprint density at radius 1 is 1.00 bits per heavy atom. The Balaban J connectivity index is 2.13. The van der Waals surface area contributed by atoms with E-state index in [-0.39, 0.29) is 24.3 Å². The molecule has 1 rings (SSSR count). The molecular weight excluding hydrogens is 456 g/mol. The van der Waals surface area contributed by atoms with Crippen LogP contribution < -0.4 is 10.6 Å². The van der Waals surface area contributed by atoms with E-state index in [9.17, 15) is 30.0 Å². The number of hydrogen-bond acceptors (Lipinski definition) is 9. The summed E-state index contributed by atoms with van der Waals surface area (Å²) in [7, 11) is 0. The first-order valence-electron chi connectivity index (χ1n) is 12.8. The van der Waals surface area contributed by atoms with Gasteiger partial charge in [0.2, 0.25) is 5.91 Å². The van der Waals surface area contributed by atoms with Gasteiger partial charge in [0.15, 0.2) is 12.1 Å². The van der Waals surface area contributed by atoms with Crippen LogP contribution in [0.4, 0.5) is 0 Å². The first-order chi connectivity index (χ1) is 16.7. The largest absolute Gasteiger partial charge is 0.394 e. The molecule has 1 fully saturated rings. The number of amides is 1.